The number of thioether (sulfide) groups is 1. The lowest BCUT2D eigenvalue weighted by atomic mass is 10.0. The first-order valence-corrected chi connectivity index (χ1v) is 10.8. The molecule has 0 radical (unpaired) electrons. The van der Waals surface area contributed by atoms with Crippen LogP contribution in [0.3, 0.4) is 0 Å². The van der Waals surface area contributed by atoms with E-state index in [-0.39, 0.29) is 11.8 Å². The fourth-order valence-electron chi connectivity index (χ4n) is 3.65. The number of rotatable bonds is 5. The summed E-state index contributed by atoms with van der Waals surface area (Å²) in [6.07, 6.45) is 1.61. The molecular formula is C25H23NO3S. The smallest absolute Gasteiger partial charge is 0.272 e. The molecule has 4 nitrogen and oxygen atoms in total. The predicted molar refractivity (Wildman–Crippen MR) is 121 cm³/mol. The van der Waals surface area contributed by atoms with Gasteiger partial charge in [-0.1, -0.05) is 24.3 Å². The Morgan fingerprint density at radius 1 is 0.867 bits per heavy atom. The summed E-state index contributed by atoms with van der Waals surface area (Å²) in [5.74, 6) is 0.679. The molecular weight excluding hydrogens is 394 g/mol. The number of carbonyl (C=O) groups excluding carboxylic acids is 2. The van der Waals surface area contributed by atoms with Crippen LogP contribution in [0, 0.1) is 27.7 Å². The van der Waals surface area contributed by atoms with E-state index < -0.39 is 0 Å². The Hall–Kier alpha value is -3.05. The van der Waals surface area contributed by atoms with Crippen molar-refractivity contribution in [3.05, 3.63) is 93.3 Å². The normalized spacial score (nSPS) is 14.2. The number of anilines is 1. The molecule has 0 spiro atoms. The van der Waals surface area contributed by atoms with Crippen molar-refractivity contribution in [2.24, 2.45) is 0 Å². The maximum atomic E-state index is 13.5. The lowest BCUT2D eigenvalue weighted by Crippen LogP contribution is -2.31. The zero-order valence-electron chi connectivity index (χ0n) is 17.5. The molecule has 0 aliphatic carbocycles. The molecule has 0 fully saturated rings. The molecule has 3 aromatic rings. The number of imide groups is 1. The number of carbonyl (C=O) groups is 2. The summed E-state index contributed by atoms with van der Waals surface area (Å²) in [5.41, 5.74) is 6.08. The Morgan fingerprint density at radius 3 is 2.23 bits per heavy atom. The summed E-state index contributed by atoms with van der Waals surface area (Å²) in [6.45, 7) is 7.97. The molecule has 0 saturated carbocycles. The van der Waals surface area contributed by atoms with Gasteiger partial charge >= 0.3 is 0 Å². The summed E-state index contributed by atoms with van der Waals surface area (Å²) < 4.78 is 5.42. The lowest BCUT2D eigenvalue weighted by Gasteiger charge is -2.17. The van der Waals surface area contributed by atoms with Gasteiger partial charge in [-0.15, -0.1) is 11.8 Å². The Morgan fingerprint density at radius 2 is 1.60 bits per heavy atom. The summed E-state index contributed by atoms with van der Waals surface area (Å²) in [6, 6.07) is 15.4. The topological polar surface area (TPSA) is 50.5 Å². The third kappa shape index (κ3) is 3.73. The number of hydrogen-bond acceptors (Lipinski definition) is 4. The van der Waals surface area contributed by atoms with Crippen LogP contribution < -0.4 is 4.90 Å². The van der Waals surface area contributed by atoms with Gasteiger partial charge in [0.05, 0.1) is 28.2 Å². The molecule has 152 valence electrons. The van der Waals surface area contributed by atoms with Crippen molar-refractivity contribution in [2.75, 3.05) is 4.90 Å². The van der Waals surface area contributed by atoms with E-state index in [2.05, 4.69) is 0 Å². The molecule has 0 N–H and O–H groups in total. The molecule has 0 bridgehead atoms. The van der Waals surface area contributed by atoms with Gasteiger partial charge in [-0.3, -0.25) is 9.59 Å². The van der Waals surface area contributed by atoms with Crippen LogP contribution in [0.5, 0.6) is 0 Å². The molecule has 2 heterocycles. The SMILES string of the molecule is Cc1cc(C)cc(N2C(=O)C(SCc3ccco3)=C(c3ccc(C)c(C)c3)C2=O)c1. The van der Waals surface area contributed by atoms with Crippen LogP contribution >= 0.6 is 11.8 Å². The highest BCUT2D eigenvalue weighted by atomic mass is 32.2. The van der Waals surface area contributed by atoms with E-state index in [0.717, 1.165) is 33.6 Å². The van der Waals surface area contributed by atoms with Gasteiger partial charge in [0.25, 0.3) is 11.8 Å². The Kier molecular flexibility index (Phi) is 5.39. The summed E-state index contributed by atoms with van der Waals surface area (Å²) in [4.78, 5) is 28.7. The standard InChI is InChI=1S/C25H23NO3S/c1-15-10-16(2)12-20(11-15)26-24(27)22(19-8-7-17(3)18(4)13-19)23(25(26)28)30-14-21-6-5-9-29-21/h5-13H,14H2,1-4H3. The molecule has 1 aliphatic heterocycles. The molecule has 0 atom stereocenters. The minimum Gasteiger partial charge on any atom is -0.468 e. The van der Waals surface area contributed by atoms with Crippen molar-refractivity contribution in [3.8, 4) is 0 Å². The van der Waals surface area contributed by atoms with Crippen molar-refractivity contribution < 1.29 is 14.0 Å². The largest absolute Gasteiger partial charge is 0.468 e. The molecule has 30 heavy (non-hydrogen) atoms. The minimum absolute atomic E-state index is 0.282. The van der Waals surface area contributed by atoms with Gasteiger partial charge < -0.3 is 4.42 Å². The fraction of sp³-hybridized carbons (Fsp3) is 0.200. The minimum atomic E-state index is -0.283. The Balaban J connectivity index is 1.79. The van der Waals surface area contributed by atoms with Gasteiger partial charge in [-0.2, -0.15) is 0 Å². The van der Waals surface area contributed by atoms with Crippen LogP contribution in [-0.2, 0) is 15.3 Å². The first kappa shape index (κ1) is 20.2. The Labute approximate surface area is 180 Å². The van der Waals surface area contributed by atoms with Crippen molar-refractivity contribution >= 4 is 34.8 Å². The van der Waals surface area contributed by atoms with Crippen molar-refractivity contribution in [3.63, 3.8) is 0 Å². The molecule has 5 heteroatoms. The molecule has 1 aliphatic rings. The van der Waals surface area contributed by atoms with E-state index in [1.165, 1.54) is 16.7 Å². The van der Waals surface area contributed by atoms with E-state index in [4.69, 9.17) is 4.42 Å². The number of furan rings is 1. The first-order chi connectivity index (χ1) is 14.3. The van der Waals surface area contributed by atoms with Gasteiger partial charge in [0.1, 0.15) is 5.76 Å². The zero-order valence-corrected chi connectivity index (χ0v) is 18.3. The highest BCUT2D eigenvalue weighted by Gasteiger charge is 2.40. The van der Waals surface area contributed by atoms with Crippen LogP contribution in [0.4, 0.5) is 5.69 Å². The lowest BCUT2D eigenvalue weighted by molar-refractivity contribution is -0.119. The number of hydrogen-bond donors (Lipinski definition) is 0. The highest BCUT2D eigenvalue weighted by Crippen LogP contribution is 2.40. The van der Waals surface area contributed by atoms with E-state index >= 15 is 0 Å². The third-order valence-corrected chi connectivity index (χ3v) is 6.34. The van der Waals surface area contributed by atoms with Gasteiger partial charge in [-0.25, -0.2) is 4.90 Å². The van der Waals surface area contributed by atoms with Crippen LogP contribution in [0.15, 0.2) is 64.1 Å². The molecule has 0 unspecified atom stereocenters. The van der Waals surface area contributed by atoms with Gasteiger partial charge in [-0.05, 0) is 79.8 Å². The van der Waals surface area contributed by atoms with Gasteiger partial charge in [0, 0.05) is 0 Å². The Bertz CT molecular complexity index is 1150. The number of aryl methyl sites for hydroxylation is 4. The molecule has 4 rings (SSSR count). The average Bonchev–Trinajstić information content (AvgIpc) is 3.28. The van der Waals surface area contributed by atoms with E-state index in [0.29, 0.717) is 21.9 Å². The first-order valence-electron chi connectivity index (χ1n) is 9.79. The summed E-state index contributed by atoms with van der Waals surface area (Å²) in [7, 11) is 0. The third-order valence-electron chi connectivity index (χ3n) is 5.24. The second-order valence-corrected chi connectivity index (χ2v) is 8.65. The molecule has 0 saturated heterocycles. The molecule has 1 aromatic heterocycles. The summed E-state index contributed by atoms with van der Waals surface area (Å²) >= 11 is 1.35. The average molecular weight is 418 g/mol. The van der Waals surface area contributed by atoms with Crippen molar-refractivity contribution in [1.29, 1.82) is 0 Å². The summed E-state index contributed by atoms with van der Waals surface area (Å²) in [5, 5.41) is 0. The zero-order chi connectivity index (χ0) is 21.4. The van der Waals surface area contributed by atoms with Crippen molar-refractivity contribution in [1.82, 2.24) is 0 Å². The van der Waals surface area contributed by atoms with Crippen LogP contribution in [0.2, 0.25) is 0 Å². The van der Waals surface area contributed by atoms with E-state index in [1.54, 1.807) is 6.26 Å². The maximum absolute atomic E-state index is 13.5. The van der Waals surface area contributed by atoms with Crippen LogP contribution in [-0.4, -0.2) is 11.8 Å². The maximum Gasteiger partial charge on any atom is 0.272 e. The monoisotopic (exact) mass is 417 g/mol. The van der Waals surface area contributed by atoms with Gasteiger partial charge in [0.15, 0.2) is 0 Å². The quantitative estimate of drug-likeness (QED) is 0.497. The second-order valence-electron chi connectivity index (χ2n) is 7.66. The molecule has 2 amide bonds. The van der Waals surface area contributed by atoms with Crippen molar-refractivity contribution in [2.45, 2.75) is 33.4 Å². The molecule has 2 aromatic carbocycles. The number of amides is 2. The van der Waals surface area contributed by atoms with E-state index in [9.17, 15) is 9.59 Å². The van der Waals surface area contributed by atoms with Gasteiger partial charge in [0.2, 0.25) is 0 Å². The highest BCUT2D eigenvalue weighted by molar-refractivity contribution is 8.03. The number of benzene rings is 2. The number of nitrogens with zero attached hydrogens (tertiary/aromatic N) is 1. The van der Waals surface area contributed by atoms with Crippen LogP contribution in [0.1, 0.15) is 33.6 Å². The second kappa shape index (κ2) is 8.00. The van der Waals surface area contributed by atoms with E-state index in [1.807, 2.05) is 76.2 Å². The predicted octanol–water partition coefficient (Wildman–Crippen LogP) is 5.73. The van der Waals surface area contributed by atoms with Crippen LogP contribution in [0.25, 0.3) is 5.57 Å². The fourth-order valence-corrected chi connectivity index (χ4v) is 4.66.